The zero-order valence-corrected chi connectivity index (χ0v) is 14.2. The van der Waals surface area contributed by atoms with E-state index in [9.17, 15) is 24.3 Å². The number of nitrogens with two attached hydrogens (primary N) is 1. The van der Waals surface area contributed by atoms with E-state index in [-0.39, 0.29) is 0 Å². The Hall–Kier alpha value is -2.24. The highest BCUT2D eigenvalue weighted by Crippen LogP contribution is 2.34. The Morgan fingerprint density at radius 1 is 0.960 bits per heavy atom. The van der Waals surface area contributed by atoms with Gasteiger partial charge in [-0.3, -0.25) is 24.9 Å². The maximum atomic E-state index is 11.5. The Kier molecular flexibility index (Phi) is 6.85. The van der Waals surface area contributed by atoms with Crippen molar-refractivity contribution in [3.8, 4) is 0 Å². The first kappa shape index (κ1) is 20.8. The molecule has 142 valence electrons. The first-order chi connectivity index (χ1) is 11.5. The van der Waals surface area contributed by atoms with Gasteiger partial charge >= 0.3 is 23.9 Å². The summed E-state index contributed by atoms with van der Waals surface area (Å²) in [5, 5.41) is 9.48. The second kappa shape index (κ2) is 8.23. The van der Waals surface area contributed by atoms with Crippen molar-refractivity contribution in [3.05, 3.63) is 0 Å². The third-order valence-electron chi connectivity index (χ3n) is 3.14. The average molecular weight is 363 g/mol. The van der Waals surface area contributed by atoms with Crippen LogP contribution in [0.1, 0.15) is 27.7 Å². The van der Waals surface area contributed by atoms with Crippen molar-refractivity contribution in [2.24, 2.45) is 5.73 Å². The smallest absolute Gasteiger partial charge is 0.305 e. The molecule has 1 aliphatic rings. The van der Waals surface area contributed by atoms with E-state index in [0.717, 1.165) is 27.7 Å². The molecule has 1 saturated heterocycles. The molecule has 11 heteroatoms. The van der Waals surface area contributed by atoms with Crippen LogP contribution >= 0.6 is 0 Å². The maximum Gasteiger partial charge on any atom is 0.305 e. The largest absolute Gasteiger partial charge is 0.455 e. The number of rotatable bonds is 5. The molecule has 25 heavy (non-hydrogen) atoms. The summed E-state index contributed by atoms with van der Waals surface area (Å²) in [4.78, 5) is 45.6. The van der Waals surface area contributed by atoms with Gasteiger partial charge in [-0.05, 0) is 0 Å². The average Bonchev–Trinajstić information content (AvgIpc) is 2.44. The maximum absolute atomic E-state index is 11.5. The van der Waals surface area contributed by atoms with Gasteiger partial charge in [0.05, 0.1) is 6.61 Å². The van der Waals surface area contributed by atoms with Crippen LogP contribution in [0.5, 0.6) is 0 Å². The van der Waals surface area contributed by atoms with Crippen molar-refractivity contribution < 1.29 is 48.0 Å². The quantitative estimate of drug-likeness (QED) is 0.327. The van der Waals surface area contributed by atoms with Crippen molar-refractivity contribution in [1.29, 1.82) is 0 Å². The lowest BCUT2D eigenvalue weighted by Crippen LogP contribution is -2.74. The molecule has 11 nitrogen and oxygen atoms in total. The van der Waals surface area contributed by atoms with Crippen LogP contribution in [0.2, 0.25) is 0 Å². The predicted molar refractivity (Wildman–Crippen MR) is 77.3 cm³/mol. The fourth-order valence-electron chi connectivity index (χ4n) is 2.37. The number of carbonyl (C=O) groups excluding carboxylic acids is 4. The van der Waals surface area contributed by atoms with Gasteiger partial charge in [0.15, 0.2) is 6.10 Å². The van der Waals surface area contributed by atoms with Crippen LogP contribution in [0, 0.1) is 0 Å². The van der Waals surface area contributed by atoms with E-state index in [1.165, 1.54) is 0 Å². The highest BCUT2D eigenvalue weighted by molar-refractivity contribution is 5.69. The summed E-state index contributed by atoms with van der Waals surface area (Å²) in [7, 11) is 0. The van der Waals surface area contributed by atoms with Crippen molar-refractivity contribution in [1.82, 2.24) is 0 Å². The van der Waals surface area contributed by atoms with E-state index >= 15 is 0 Å². The Bertz CT molecular complexity index is 550. The van der Waals surface area contributed by atoms with Crippen LogP contribution in [0.25, 0.3) is 0 Å². The van der Waals surface area contributed by atoms with Crippen LogP contribution in [0.15, 0.2) is 0 Å². The summed E-state index contributed by atoms with van der Waals surface area (Å²) < 4.78 is 25.3. The third kappa shape index (κ3) is 5.11. The van der Waals surface area contributed by atoms with E-state index in [4.69, 9.17) is 29.4 Å². The molecule has 0 aromatic rings. The first-order valence-corrected chi connectivity index (χ1v) is 7.27. The summed E-state index contributed by atoms with van der Waals surface area (Å²) in [6, 6.07) is 0. The third-order valence-corrected chi connectivity index (χ3v) is 3.14. The van der Waals surface area contributed by atoms with Crippen molar-refractivity contribution >= 4 is 23.9 Å². The molecular formula is C14H21NO10. The SMILES string of the molecule is CC(=O)O[C@@H]1[C@@H](CO)O[C@@H](OC(C)=O)[C@](N)(OC(C)=O)[C@H]1OC(C)=O. The molecule has 0 saturated carbocycles. The molecule has 0 aromatic heterocycles. The topological polar surface area (TPSA) is 161 Å². The summed E-state index contributed by atoms with van der Waals surface area (Å²) in [5.74, 6) is -3.37. The van der Waals surface area contributed by atoms with Gasteiger partial charge in [-0.25, -0.2) is 0 Å². The van der Waals surface area contributed by atoms with Gasteiger partial charge in [-0.2, -0.15) is 0 Å². The van der Waals surface area contributed by atoms with E-state index in [1.54, 1.807) is 0 Å². The lowest BCUT2D eigenvalue weighted by atomic mass is 9.93. The van der Waals surface area contributed by atoms with Crippen LogP contribution in [-0.4, -0.2) is 65.9 Å². The fraction of sp³-hybridized carbons (Fsp3) is 0.714. The molecule has 1 fully saturated rings. The zero-order chi connectivity index (χ0) is 19.4. The second-order valence-corrected chi connectivity index (χ2v) is 5.35. The van der Waals surface area contributed by atoms with Gasteiger partial charge in [0.1, 0.15) is 6.10 Å². The van der Waals surface area contributed by atoms with Crippen molar-refractivity contribution in [2.45, 2.75) is 58.0 Å². The number of hydrogen-bond acceptors (Lipinski definition) is 11. The number of ether oxygens (including phenoxy) is 5. The lowest BCUT2D eigenvalue weighted by Gasteiger charge is -2.48. The molecule has 0 radical (unpaired) electrons. The number of esters is 4. The van der Waals surface area contributed by atoms with E-state index in [2.05, 4.69) is 0 Å². The van der Waals surface area contributed by atoms with Crippen molar-refractivity contribution in [3.63, 3.8) is 0 Å². The van der Waals surface area contributed by atoms with Crippen LogP contribution in [0.3, 0.4) is 0 Å². The summed E-state index contributed by atoms with van der Waals surface area (Å²) in [5.41, 5.74) is 3.72. The molecule has 0 amide bonds. The van der Waals surface area contributed by atoms with Gasteiger partial charge in [-0.15, -0.1) is 0 Å². The van der Waals surface area contributed by atoms with E-state index in [1.807, 2.05) is 0 Å². The van der Waals surface area contributed by atoms with E-state index in [0.29, 0.717) is 0 Å². The minimum atomic E-state index is -2.31. The molecule has 0 spiro atoms. The van der Waals surface area contributed by atoms with Crippen LogP contribution < -0.4 is 5.73 Å². The summed E-state index contributed by atoms with van der Waals surface area (Å²) in [6.45, 7) is 3.49. The predicted octanol–water partition coefficient (Wildman–Crippen LogP) is -1.65. The molecule has 0 aromatic carbocycles. The normalized spacial score (nSPS) is 31.6. The molecule has 0 bridgehead atoms. The minimum Gasteiger partial charge on any atom is -0.455 e. The van der Waals surface area contributed by atoms with Gasteiger partial charge < -0.3 is 28.8 Å². The number of carbonyl (C=O) groups is 4. The summed E-state index contributed by atoms with van der Waals surface area (Å²) >= 11 is 0. The standard InChI is InChI=1S/C14H21NO10/c1-6(17)21-11-10(5-16)24-13(23-8(3)19)14(15,25-9(4)20)12(11)22-7(2)18/h10-13,16H,5,15H2,1-4H3/t10-,11-,12+,13-,14-/m1/s1. The molecule has 0 aliphatic carbocycles. The second-order valence-electron chi connectivity index (χ2n) is 5.35. The van der Waals surface area contributed by atoms with Gasteiger partial charge in [-0.1, -0.05) is 0 Å². The Labute approximate surface area is 143 Å². The molecule has 1 rings (SSSR count). The summed E-state index contributed by atoms with van der Waals surface area (Å²) in [6.07, 6.45) is -6.00. The number of aliphatic hydroxyl groups is 1. The Morgan fingerprint density at radius 3 is 1.88 bits per heavy atom. The highest BCUT2D eigenvalue weighted by Gasteiger charge is 2.62. The Balaban J connectivity index is 3.40. The molecule has 5 atom stereocenters. The zero-order valence-electron chi connectivity index (χ0n) is 14.2. The van der Waals surface area contributed by atoms with E-state index < -0.39 is 60.8 Å². The monoisotopic (exact) mass is 363 g/mol. The first-order valence-electron chi connectivity index (χ1n) is 7.27. The van der Waals surface area contributed by atoms with Crippen molar-refractivity contribution in [2.75, 3.05) is 6.61 Å². The molecule has 1 heterocycles. The highest BCUT2D eigenvalue weighted by atomic mass is 16.8. The molecule has 0 unspecified atom stereocenters. The molecule has 1 aliphatic heterocycles. The van der Waals surface area contributed by atoms with Gasteiger partial charge in [0.25, 0.3) is 12.0 Å². The Morgan fingerprint density at radius 2 is 1.48 bits per heavy atom. The number of aliphatic hydroxyl groups excluding tert-OH is 1. The van der Waals surface area contributed by atoms with Crippen LogP contribution in [0.4, 0.5) is 0 Å². The molecular weight excluding hydrogens is 342 g/mol. The minimum absolute atomic E-state index is 0.691. The van der Waals surface area contributed by atoms with Crippen LogP contribution in [-0.2, 0) is 42.9 Å². The number of hydrogen-bond donors (Lipinski definition) is 2. The lowest BCUT2D eigenvalue weighted by molar-refractivity contribution is -0.335. The fourth-order valence-corrected chi connectivity index (χ4v) is 2.37. The van der Waals surface area contributed by atoms with Gasteiger partial charge in [0.2, 0.25) is 6.10 Å². The van der Waals surface area contributed by atoms with Gasteiger partial charge in [0, 0.05) is 27.7 Å². The molecule has 3 N–H and O–H groups in total.